The van der Waals surface area contributed by atoms with Gasteiger partial charge in [-0.3, -0.25) is 4.99 Å². The van der Waals surface area contributed by atoms with Crippen LogP contribution in [0, 0.1) is 0 Å². The molecule has 3 nitrogen and oxygen atoms in total. The van der Waals surface area contributed by atoms with E-state index in [1.165, 1.54) is 0 Å². The number of hydrogen-bond acceptors (Lipinski definition) is 3. The maximum Gasteiger partial charge on any atom is 0.128 e. The van der Waals surface area contributed by atoms with Gasteiger partial charge in [-0.25, -0.2) is 0 Å². The molecule has 0 spiro atoms. The van der Waals surface area contributed by atoms with Crippen LogP contribution in [0.3, 0.4) is 0 Å². The topological polar surface area (TPSA) is 33.6 Å². The monoisotopic (exact) mass is 320 g/mol. The second-order valence-corrected chi connectivity index (χ2v) is 5.48. The molecule has 1 N–H and O–H groups in total. The summed E-state index contributed by atoms with van der Waals surface area (Å²) in [5.41, 5.74) is 1.86. The quantitative estimate of drug-likeness (QED) is 0.926. The van der Waals surface area contributed by atoms with Crippen LogP contribution in [0.2, 0.25) is 10.0 Å². The predicted molar refractivity (Wildman–Crippen MR) is 86.6 cm³/mol. The molecule has 0 saturated heterocycles. The molecule has 2 aromatic rings. The number of halogens is 2. The number of ether oxygens (including phenoxy) is 1. The van der Waals surface area contributed by atoms with Crippen LogP contribution in [0.15, 0.2) is 47.5 Å². The highest BCUT2D eigenvalue weighted by atomic mass is 35.5. The van der Waals surface area contributed by atoms with Crippen molar-refractivity contribution in [1.29, 1.82) is 0 Å². The van der Waals surface area contributed by atoms with E-state index in [2.05, 4.69) is 10.3 Å². The highest BCUT2D eigenvalue weighted by Gasteiger charge is 2.09. The first-order valence-electron chi connectivity index (χ1n) is 6.68. The molecular formula is C16H14Cl2N2O. The van der Waals surface area contributed by atoms with Gasteiger partial charge in [-0.05, 0) is 36.4 Å². The molecule has 1 heterocycles. The van der Waals surface area contributed by atoms with Gasteiger partial charge in [0.1, 0.15) is 18.2 Å². The van der Waals surface area contributed by atoms with Gasteiger partial charge in [0.15, 0.2) is 0 Å². The molecule has 2 aromatic carbocycles. The summed E-state index contributed by atoms with van der Waals surface area (Å²) in [6, 6.07) is 13.2. The Kier molecular flexibility index (Phi) is 4.32. The summed E-state index contributed by atoms with van der Waals surface area (Å²) in [4.78, 5) is 4.38. The van der Waals surface area contributed by atoms with E-state index in [9.17, 15) is 0 Å². The fraction of sp³-hybridized carbons (Fsp3) is 0.188. The van der Waals surface area contributed by atoms with E-state index in [1.807, 2.05) is 30.3 Å². The molecule has 0 aliphatic carbocycles. The molecule has 1 aliphatic heterocycles. The number of rotatable bonds is 4. The first-order chi connectivity index (χ1) is 10.2. The fourth-order valence-electron chi connectivity index (χ4n) is 2.13. The standard InChI is InChI=1S/C16H14Cl2N2O/c17-14-2-1-3-15(18)13(14)10-21-12-6-4-11(5-7-12)16-19-8-9-20-16/h1-7H,8-10H2,(H,19,20). The number of amidine groups is 1. The first-order valence-corrected chi connectivity index (χ1v) is 7.44. The van der Waals surface area contributed by atoms with Crippen LogP contribution in [0.1, 0.15) is 11.1 Å². The zero-order valence-electron chi connectivity index (χ0n) is 11.3. The lowest BCUT2D eigenvalue weighted by atomic mass is 10.2. The second kappa shape index (κ2) is 6.37. The molecule has 0 saturated carbocycles. The summed E-state index contributed by atoms with van der Waals surface area (Å²) in [5, 5.41) is 4.47. The van der Waals surface area contributed by atoms with Crippen LogP contribution in [0.4, 0.5) is 0 Å². The van der Waals surface area contributed by atoms with Gasteiger partial charge in [-0.2, -0.15) is 0 Å². The maximum atomic E-state index is 6.12. The molecule has 3 rings (SSSR count). The summed E-state index contributed by atoms with van der Waals surface area (Å²) in [6.45, 7) is 2.08. The lowest BCUT2D eigenvalue weighted by Crippen LogP contribution is -2.19. The molecule has 0 atom stereocenters. The van der Waals surface area contributed by atoms with E-state index < -0.39 is 0 Å². The zero-order chi connectivity index (χ0) is 14.7. The average Bonchev–Trinajstić information content (AvgIpc) is 3.02. The van der Waals surface area contributed by atoms with E-state index in [0.717, 1.165) is 35.8 Å². The van der Waals surface area contributed by atoms with E-state index in [4.69, 9.17) is 27.9 Å². The van der Waals surface area contributed by atoms with Gasteiger partial charge in [0.25, 0.3) is 0 Å². The average molecular weight is 321 g/mol. The molecule has 108 valence electrons. The van der Waals surface area contributed by atoms with Crippen molar-refractivity contribution in [2.45, 2.75) is 6.61 Å². The number of aliphatic imine (C=N–C) groups is 1. The van der Waals surface area contributed by atoms with Crippen LogP contribution in [0.25, 0.3) is 0 Å². The van der Waals surface area contributed by atoms with Crippen molar-refractivity contribution in [3.05, 3.63) is 63.6 Å². The Hall–Kier alpha value is -1.71. The number of benzene rings is 2. The molecule has 5 heteroatoms. The van der Waals surface area contributed by atoms with Crippen molar-refractivity contribution in [3.63, 3.8) is 0 Å². The van der Waals surface area contributed by atoms with Crippen LogP contribution in [0.5, 0.6) is 5.75 Å². The van der Waals surface area contributed by atoms with Gasteiger partial charge in [-0.15, -0.1) is 0 Å². The van der Waals surface area contributed by atoms with E-state index in [-0.39, 0.29) is 0 Å². The van der Waals surface area contributed by atoms with Crippen molar-refractivity contribution in [3.8, 4) is 5.75 Å². The molecule has 0 radical (unpaired) electrons. The van der Waals surface area contributed by atoms with Crippen molar-refractivity contribution in [2.24, 2.45) is 4.99 Å². The summed E-state index contributed by atoms with van der Waals surface area (Å²) in [6.07, 6.45) is 0. The first kappa shape index (κ1) is 14.2. The molecule has 0 unspecified atom stereocenters. The van der Waals surface area contributed by atoms with Crippen molar-refractivity contribution in [1.82, 2.24) is 5.32 Å². The Bertz CT molecular complexity index is 648. The van der Waals surface area contributed by atoms with Crippen LogP contribution < -0.4 is 10.1 Å². The maximum absolute atomic E-state index is 6.12. The van der Waals surface area contributed by atoms with E-state index in [0.29, 0.717) is 16.7 Å². The number of hydrogen-bond donors (Lipinski definition) is 1. The third kappa shape index (κ3) is 3.31. The van der Waals surface area contributed by atoms with E-state index in [1.54, 1.807) is 12.1 Å². The minimum atomic E-state index is 0.344. The Labute approximate surface area is 133 Å². The Morgan fingerprint density at radius 2 is 1.76 bits per heavy atom. The van der Waals surface area contributed by atoms with Crippen molar-refractivity contribution < 1.29 is 4.74 Å². The SMILES string of the molecule is Clc1cccc(Cl)c1COc1ccc(C2=NCCN2)cc1. The Balaban J connectivity index is 1.68. The van der Waals surface area contributed by atoms with Gasteiger partial charge in [0, 0.05) is 27.7 Å². The minimum Gasteiger partial charge on any atom is -0.489 e. The zero-order valence-corrected chi connectivity index (χ0v) is 12.8. The van der Waals surface area contributed by atoms with Gasteiger partial charge in [0.2, 0.25) is 0 Å². The second-order valence-electron chi connectivity index (χ2n) is 4.67. The van der Waals surface area contributed by atoms with Gasteiger partial charge in [-0.1, -0.05) is 29.3 Å². The number of nitrogens with zero attached hydrogens (tertiary/aromatic N) is 1. The molecule has 0 fully saturated rings. The third-order valence-corrected chi connectivity index (χ3v) is 3.96. The lowest BCUT2D eigenvalue weighted by Gasteiger charge is -2.10. The van der Waals surface area contributed by atoms with Gasteiger partial charge >= 0.3 is 0 Å². The Morgan fingerprint density at radius 3 is 2.38 bits per heavy atom. The van der Waals surface area contributed by atoms with Crippen LogP contribution in [-0.4, -0.2) is 18.9 Å². The highest BCUT2D eigenvalue weighted by molar-refractivity contribution is 6.35. The third-order valence-electron chi connectivity index (χ3n) is 3.25. The smallest absolute Gasteiger partial charge is 0.128 e. The van der Waals surface area contributed by atoms with E-state index >= 15 is 0 Å². The summed E-state index contributed by atoms with van der Waals surface area (Å²) < 4.78 is 5.74. The highest BCUT2D eigenvalue weighted by Crippen LogP contribution is 2.26. The molecule has 0 amide bonds. The summed E-state index contributed by atoms with van der Waals surface area (Å²) in [7, 11) is 0. The van der Waals surface area contributed by atoms with Gasteiger partial charge in [0.05, 0.1) is 6.54 Å². The molecular weight excluding hydrogens is 307 g/mol. The fourth-order valence-corrected chi connectivity index (χ4v) is 2.63. The Morgan fingerprint density at radius 1 is 1.05 bits per heavy atom. The summed E-state index contributed by atoms with van der Waals surface area (Å²) >= 11 is 12.2. The molecule has 0 aromatic heterocycles. The predicted octanol–water partition coefficient (Wildman–Crippen LogP) is 3.92. The van der Waals surface area contributed by atoms with Crippen molar-refractivity contribution in [2.75, 3.05) is 13.1 Å². The number of nitrogens with one attached hydrogen (secondary N) is 1. The normalized spacial score (nSPS) is 13.7. The van der Waals surface area contributed by atoms with Crippen LogP contribution >= 0.6 is 23.2 Å². The largest absolute Gasteiger partial charge is 0.489 e. The molecule has 1 aliphatic rings. The van der Waals surface area contributed by atoms with Crippen molar-refractivity contribution >= 4 is 29.0 Å². The minimum absolute atomic E-state index is 0.344. The molecule has 21 heavy (non-hydrogen) atoms. The van der Waals surface area contributed by atoms with Gasteiger partial charge < -0.3 is 10.1 Å². The molecule has 0 bridgehead atoms. The lowest BCUT2D eigenvalue weighted by molar-refractivity contribution is 0.306. The van der Waals surface area contributed by atoms with Crippen LogP contribution in [-0.2, 0) is 6.61 Å². The summed E-state index contributed by atoms with van der Waals surface area (Å²) in [5.74, 6) is 1.71.